The molecule has 0 aliphatic carbocycles. The van der Waals surface area contributed by atoms with E-state index in [2.05, 4.69) is 16.3 Å². The van der Waals surface area contributed by atoms with Crippen molar-refractivity contribution in [3.8, 4) is 0 Å². The summed E-state index contributed by atoms with van der Waals surface area (Å²) in [5, 5.41) is 4.25. The van der Waals surface area contributed by atoms with Crippen LogP contribution in [0.1, 0.15) is 11.1 Å². The summed E-state index contributed by atoms with van der Waals surface area (Å²) >= 11 is 12.1. The molecule has 25 heavy (non-hydrogen) atoms. The van der Waals surface area contributed by atoms with Gasteiger partial charge < -0.3 is 15.1 Å². The minimum atomic E-state index is -0.0229. The van der Waals surface area contributed by atoms with E-state index in [4.69, 9.17) is 23.2 Å². The molecule has 2 aromatic carbocycles. The zero-order valence-corrected chi connectivity index (χ0v) is 15.6. The predicted octanol–water partition coefficient (Wildman–Crippen LogP) is 4.33. The number of hydrogen-bond donors (Lipinski definition) is 1. The summed E-state index contributed by atoms with van der Waals surface area (Å²) in [4.78, 5) is 16.4. The third-order valence-corrected chi connectivity index (χ3v) is 4.74. The summed E-state index contributed by atoms with van der Waals surface area (Å²) in [5.41, 5.74) is 3.30. The molecule has 0 aromatic heterocycles. The maximum atomic E-state index is 12.4. The lowest BCUT2D eigenvalue weighted by molar-refractivity contribution is 0.194. The first-order valence-electron chi connectivity index (χ1n) is 8.30. The number of halogens is 2. The van der Waals surface area contributed by atoms with E-state index in [1.807, 2.05) is 42.2 Å². The highest BCUT2D eigenvalue weighted by Gasteiger charge is 2.21. The maximum absolute atomic E-state index is 12.4. The second-order valence-electron chi connectivity index (χ2n) is 6.25. The van der Waals surface area contributed by atoms with E-state index in [0.717, 1.165) is 24.3 Å². The Labute approximate surface area is 158 Å². The summed E-state index contributed by atoms with van der Waals surface area (Å²) in [7, 11) is 0. The highest BCUT2D eigenvalue weighted by atomic mass is 35.5. The van der Waals surface area contributed by atoms with Crippen LogP contribution in [0.3, 0.4) is 0 Å². The fourth-order valence-electron chi connectivity index (χ4n) is 3.00. The molecule has 0 saturated carbocycles. The number of carbonyl (C=O) groups is 1. The SMILES string of the molecule is Cc1cccc(CNC(=O)N2CCN(c3cc(Cl)cc(Cl)c3)CC2)c1. The number of hydrogen-bond acceptors (Lipinski definition) is 2. The fourth-order valence-corrected chi connectivity index (χ4v) is 3.52. The number of benzene rings is 2. The number of nitrogens with zero attached hydrogens (tertiary/aromatic N) is 2. The summed E-state index contributed by atoms with van der Waals surface area (Å²) in [6.07, 6.45) is 0. The van der Waals surface area contributed by atoms with Crippen molar-refractivity contribution >= 4 is 34.9 Å². The number of nitrogens with one attached hydrogen (secondary N) is 1. The largest absolute Gasteiger partial charge is 0.368 e. The molecular formula is C19H21Cl2N3O. The van der Waals surface area contributed by atoms with Gasteiger partial charge in [-0.05, 0) is 30.7 Å². The van der Waals surface area contributed by atoms with Gasteiger partial charge in [-0.25, -0.2) is 4.79 Å². The smallest absolute Gasteiger partial charge is 0.317 e. The molecule has 0 spiro atoms. The predicted molar refractivity (Wildman–Crippen MR) is 104 cm³/mol. The van der Waals surface area contributed by atoms with Crippen molar-refractivity contribution in [2.45, 2.75) is 13.5 Å². The van der Waals surface area contributed by atoms with E-state index in [9.17, 15) is 4.79 Å². The van der Waals surface area contributed by atoms with Gasteiger partial charge >= 0.3 is 6.03 Å². The summed E-state index contributed by atoms with van der Waals surface area (Å²) in [5.74, 6) is 0. The number of aryl methyl sites for hydroxylation is 1. The van der Waals surface area contributed by atoms with E-state index >= 15 is 0 Å². The Bertz CT molecular complexity index is 738. The van der Waals surface area contributed by atoms with Gasteiger partial charge in [-0.3, -0.25) is 0 Å². The van der Waals surface area contributed by atoms with Crippen LogP contribution in [-0.2, 0) is 6.54 Å². The molecule has 0 bridgehead atoms. The normalized spacial score (nSPS) is 14.5. The second-order valence-corrected chi connectivity index (χ2v) is 7.12. The zero-order valence-electron chi connectivity index (χ0n) is 14.1. The van der Waals surface area contributed by atoms with Crippen LogP contribution < -0.4 is 10.2 Å². The molecule has 1 N–H and O–H groups in total. The number of piperazine rings is 1. The van der Waals surface area contributed by atoms with E-state index in [1.165, 1.54) is 5.56 Å². The van der Waals surface area contributed by atoms with Crippen molar-refractivity contribution in [2.75, 3.05) is 31.1 Å². The Morgan fingerprint density at radius 3 is 2.36 bits per heavy atom. The van der Waals surface area contributed by atoms with Crippen LogP contribution >= 0.6 is 23.2 Å². The van der Waals surface area contributed by atoms with Crippen LogP contribution in [-0.4, -0.2) is 37.1 Å². The molecule has 0 radical (unpaired) electrons. The van der Waals surface area contributed by atoms with Crippen molar-refractivity contribution in [2.24, 2.45) is 0 Å². The minimum absolute atomic E-state index is 0.0229. The molecule has 0 atom stereocenters. The van der Waals surface area contributed by atoms with Crippen molar-refractivity contribution in [3.63, 3.8) is 0 Å². The number of amides is 2. The van der Waals surface area contributed by atoms with Gasteiger partial charge in [0.1, 0.15) is 0 Å². The molecule has 2 aromatic rings. The summed E-state index contributed by atoms with van der Waals surface area (Å²) in [6.45, 7) is 5.45. The minimum Gasteiger partial charge on any atom is -0.368 e. The lowest BCUT2D eigenvalue weighted by Crippen LogP contribution is -2.51. The molecule has 0 unspecified atom stereocenters. The molecule has 1 heterocycles. The Morgan fingerprint density at radius 1 is 1.04 bits per heavy atom. The van der Waals surface area contributed by atoms with Gasteiger partial charge in [-0.1, -0.05) is 53.0 Å². The van der Waals surface area contributed by atoms with Crippen molar-refractivity contribution in [1.82, 2.24) is 10.2 Å². The molecule has 1 aliphatic rings. The van der Waals surface area contributed by atoms with Crippen molar-refractivity contribution in [1.29, 1.82) is 0 Å². The molecule has 1 fully saturated rings. The van der Waals surface area contributed by atoms with Crippen LogP contribution in [0.25, 0.3) is 0 Å². The van der Waals surface area contributed by atoms with E-state index in [-0.39, 0.29) is 6.03 Å². The molecule has 3 rings (SSSR count). The van der Waals surface area contributed by atoms with Gasteiger partial charge in [0, 0.05) is 48.5 Å². The first-order chi connectivity index (χ1) is 12.0. The van der Waals surface area contributed by atoms with E-state index < -0.39 is 0 Å². The molecule has 2 amide bonds. The van der Waals surface area contributed by atoms with Gasteiger partial charge in [0.05, 0.1) is 0 Å². The number of anilines is 1. The fraction of sp³-hybridized carbons (Fsp3) is 0.316. The van der Waals surface area contributed by atoms with Gasteiger partial charge in [-0.15, -0.1) is 0 Å². The van der Waals surface area contributed by atoms with Crippen LogP contribution in [0.2, 0.25) is 10.0 Å². The molecule has 4 nitrogen and oxygen atoms in total. The number of rotatable bonds is 3. The Morgan fingerprint density at radius 2 is 1.72 bits per heavy atom. The quantitative estimate of drug-likeness (QED) is 0.863. The Hall–Kier alpha value is -1.91. The average molecular weight is 378 g/mol. The topological polar surface area (TPSA) is 35.6 Å². The maximum Gasteiger partial charge on any atom is 0.317 e. The van der Waals surface area contributed by atoms with Crippen LogP contribution in [0.15, 0.2) is 42.5 Å². The zero-order chi connectivity index (χ0) is 17.8. The van der Waals surface area contributed by atoms with E-state index in [1.54, 1.807) is 6.07 Å². The highest BCUT2D eigenvalue weighted by Crippen LogP contribution is 2.26. The lowest BCUT2D eigenvalue weighted by Gasteiger charge is -2.36. The summed E-state index contributed by atoms with van der Waals surface area (Å²) < 4.78 is 0. The van der Waals surface area contributed by atoms with E-state index in [0.29, 0.717) is 29.7 Å². The molecule has 6 heteroatoms. The third kappa shape index (κ3) is 4.80. The highest BCUT2D eigenvalue weighted by molar-refractivity contribution is 6.35. The average Bonchev–Trinajstić information content (AvgIpc) is 2.59. The van der Waals surface area contributed by atoms with Gasteiger partial charge in [0.2, 0.25) is 0 Å². The van der Waals surface area contributed by atoms with Crippen molar-refractivity contribution in [3.05, 3.63) is 63.6 Å². The first kappa shape index (κ1) is 17.9. The first-order valence-corrected chi connectivity index (χ1v) is 9.06. The molecule has 132 valence electrons. The van der Waals surface area contributed by atoms with Crippen molar-refractivity contribution < 1.29 is 4.79 Å². The number of urea groups is 1. The second kappa shape index (κ2) is 7.98. The van der Waals surface area contributed by atoms with Gasteiger partial charge in [0.25, 0.3) is 0 Å². The van der Waals surface area contributed by atoms with Gasteiger partial charge in [0.15, 0.2) is 0 Å². The third-order valence-electron chi connectivity index (χ3n) is 4.31. The molecule has 1 saturated heterocycles. The lowest BCUT2D eigenvalue weighted by atomic mass is 10.1. The summed E-state index contributed by atoms with van der Waals surface area (Å²) in [6, 6.07) is 13.7. The Kier molecular flexibility index (Phi) is 5.71. The van der Waals surface area contributed by atoms with Gasteiger partial charge in [-0.2, -0.15) is 0 Å². The Balaban J connectivity index is 1.52. The molecular weight excluding hydrogens is 357 g/mol. The van der Waals surface area contributed by atoms with Crippen LogP contribution in [0.5, 0.6) is 0 Å². The standard InChI is InChI=1S/C19H21Cl2N3O/c1-14-3-2-4-15(9-14)13-22-19(25)24-7-5-23(6-8-24)18-11-16(20)10-17(21)12-18/h2-4,9-12H,5-8,13H2,1H3,(H,22,25). The molecule has 1 aliphatic heterocycles. The number of carbonyl (C=O) groups excluding carboxylic acids is 1. The monoisotopic (exact) mass is 377 g/mol. The van der Waals surface area contributed by atoms with Crippen LogP contribution in [0.4, 0.5) is 10.5 Å². The van der Waals surface area contributed by atoms with Crippen LogP contribution in [0, 0.1) is 6.92 Å².